The SMILES string of the molecule is CC(C)N1C(=S)NNC1c1ccccc1. The van der Waals surface area contributed by atoms with E-state index in [4.69, 9.17) is 12.2 Å². The first kappa shape index (κ1) is 10.4. The molecule has 80 valence electrons. The predicted molar refractivity (Wildman–Crippen MR) is 65.0 cm³/mol. The molecular formula is C11H15N3S. The van der Waals surface area contributed by atoms with Crippen LogP contribution in [0, 0.1) is 0 Å². The third-order valence-corrected chi connectivity index (χ3v) is 2.81. The van der Waals surface area contributed by atoms with E-state index in [1.165, 1.54) is 5.56 Å². The van der Waals surface area contributed by atoms with Gasteiger partial charge in [0.15, 0.2) is 5.11 Å². The lowest BCUT2D eigenvalue weighted by Crippen LogP contribution is -2.35. The van der Waals surface area contributed by atoms with Gasteiger partial charge in [0.2, 0.25) is 0 Å². The van der Waals surface area contributed by atoms with Gasteiger partial charge in [0.05, 0.1) is 0 Å². The molecule has 1 heterocycles. The second-order valence-electron chi connectivity index (χ2n) is 3.89. The van der Waals surface area contributed by atoms with Gasteiger partial charge in [-0.1, -0.05) is 30.3 Å². The maximum Gasteiger partial charge on any atom is 0.185 e. The zero-order valence-corrected chi connectivity index (χ0v) is 9.71. The molecule has 4 heteroatoms. The monoisotopic (exact) mass is 221 g/mol. The Morgan fingerprint density at radius 2 is 1.93 bits per heavy atom. The van der Waals surface area contributed by atoms with Crippen LogP contribution in [0.1, 0.15) is 25.6 Å². The summed E-state index contributed by atoms with van der Waals surface area (Å²) in [5.74, 6) is 0. The van der Waals surface area contributed by atoms with Crippen molar-refractivity contribution in [2.24, 2.45) is 0 Å². The molecule has 2 rings (SSSR count). The van der Waals surface area contributed by atoms with Crippen LogP contribution >= 0.6 is 12.2 Å². The molecule has 3 nitrogen and oxygen atoms in total. The van der Waals surface area contributed by atoms with Crippen molar-refractivity contribution in [2.75, 3.05) is 0 Å². The third-order valence-electron chi connectivity index (χ3n) is 2.50. The Morgan fingerprint density at radius 1 is 1.27 bits per heavy atom. The summed E-state index contributed by atoms with van der Waals surface area (Å²) in [6, 6.07) is 10.7. The first-order valence-electron chi connectivity index (χ1n) is 5.09. The number of thiocarbonyl (C=S) groups is 1. The van der Waals surface area contributed by atoms with Gasteiger partial charge in [-0.15, -0.1) is 0 Å². The second kappa shape index (κ2) is 4.16. The Bertz CT molecular complexity index is 350. The maximum atomic E-state index is 5.25. The number of hydrogen-bond donors (Lipinski definition) is 2. The molecule has 0 saturated carbocycles. The van der Waals surface area contributed by atoms with Crippen molar-refractivity contribution in [3.05, 3.63) is 35.9 Å². The van der Waals surface area contributed by atoms with Gasteiger partial charge in [-0.3, -0.25) is 5.43 Å². The van der Waals surface area contributed by atoms with E-state index < -0.39 is 0 Å². The van der Waals surface area contributed by atoms with E-state index in [1.54, 1.807) is 0 Å². The Labute approximate surface area is 95.4 Å². The van der Waals surface area contributed by atoms with Crippen LogP contribution in [-0.2, 0) is 0 Å². The lowest BCUT2D eigenvalue weighted by Gasteiger charge is -2.28. The summed E-state index contributed by atoms with van der Waals surface area (Å²) in [7, 11) is 0. The lowest BCUT2D eigenvalue weighted by molar-refractivity contribution is 0.267. The topological polar surface area (TPSA) is 27.3 Å². The van der Waals surface area contributed by atoms with E-state index in [0.29, 0.717) is 6.04 Å². The molecule has 1 aromatic carbocycles. The minimum absolute atomic E-state index is 0.138. The van der Waals surface area contributed by atoms with Gasteiger partial charge in [-0.2, -0.15) is 0 Å². The molecule has 15 heavy (non-hydrogen) atoms. The molecule has 0 spiro atoms. The molecule has 0 radical (unpaired) electrons. The fraction of sp³-hybridized carbons (Fsp3) is 0.364. The molecule has 0 aromatic heterocycles. The summed E-state index contributed by atoms with van der Waals surface area (Å²) in [5, 5.41) is 0.763. The van der Waals surface area contributed by atoms with Crippen LogP contribution in [-0.4, -0.2) is 16.1 Å². The van der Waals surface area contributed by atoms with Gasteiger partial charge in [-0.25, -0.2) is 5.43 Å². The first-order chi connectivity index (χ1) is 7.20. The lowest BCUT2D eigenvalue weighted by atomic mass is 10.1. The fourth-order valence-corrected chi connectivity index (χ4v) is 2.17. The van der Waals surface area contributed by atoms with Crippen molar-refractivity contribution < 1.29 is 0 Å². The van der Waals surface area contributed by atoms with Crippen molar-refractivity contribution >= 4 is 17.3 Å². The highest BCUT2D eigenvalue weighted by atomic mass is 32.1. The average Bonchev–Trinajstić information content (AvgIpc) is 2.61. The predicted octanol–water partition coefficient (Wildman–Crippen LogP) is 1.79. The summed E-state index contributed by atoms with van der Waals surface area (Å²) in [6.07, 6.45) is 0.138. The van der Waals surface area contributed by atoms with Crippen molar-refractivity contribution in [1.29, 1.82) is 0 Å². The van der Waals surface area contributed by atoms with Gasteiger partial charge < -0.3 is 4.90 Å². The average molecular weight is 221 g/mol. The van der Waals surface area contributed by atoms with Crippen molar-refractivity contribution in [3.63, 3.8) is 0 Å². The molecule has 1 atom stereocenters. The van der Waals surface area contributed by atoms with E-state index in [9.17, 15) is 0 Å². The van der Waals surface area contributed by atoms with Gasteiger partial charge in [0.1, 0.15) is 6.17 Å². The van der Waals surface area contributed by atoms with Gasteiger partial charge in [0.25, 0.3) is 0 Å². The molecule has 0 aliphatic carbocycles. The smallest absolute Gasteiger partial charge is 0.185 e. The number of hydrazine groups is 1. The standard InChI is InChI=1S/C11H15N3S/c1-8(2)14-10(12-13-11(14)15)9-6-4-3-5-7-9/h3-8,10,12H,1-2H3,(H,13,15). The summed E-state index contributed by atoms with van der Waals surface area (Å²) in [6.45, 7) is 4.27. The number of nitrogens with zero attached hydrogens (tertiary/aromatic N) is 1. The van der Waals surface area contributed by atoms with E-state index in [1.807, 2.05) is 18.2 Å². The zero-order valence-electron chi connectivity index (χ0n) is 8.90. The fourth-order valence-electron chi connectivity index (χ4n) is 1.79. The van der Waals surface area contributed by atoms with E-state index in [2.05, 4.69) is 41.7 Å². The molecule has 1 aromatic rings. The van der Waals surface area contributed by atoms with Crippen LogP contribution in [0.4, 0.5) is 0 Å². The largest absolute Gasteiger partial charge is 0.325 e. The minimum Gasteiger partial charge on any atom is -0.325 e. The van der Waals surface area contributed by atoms with Gasteiger partial charge in [-0.05, 0) is 31.6 Å². The number of hydrogen-bond acceptors (Lipinski definition) is 2. The van der Waals surface area contributed by atoms with Crippen LogP contribution < -0.4 is 10.9 Å². The number of benzene rings is 1. The van der Waals surface area contributed by atoms with E-state index in [0.717, 1.165) is 5.11 Å². The van der Waals surface area contributed by atoms with Crippen LogP contribution in [0.3, 0.4) is 0 Å². The summed E-state index contributed by atoms with van der Waals surface area (Å²) in [5.41, 5.74) is 7.42. The molecular weight excluding hydrogens is 206 g/mol. The van der Waals surface area contributed by atoms with E-state index in [-0.39, 0.29) is 6.17 Å². The van der Waals surface area contributed by atoms with Crippen LogP contribution in [0.15, 0.2) is 30.3 Å². The Hall–Kier alpha value is -1.13. The molecule has 0 bridgehead atoms. The summed E-state index contributed by atoms with van der Waals surface area (Å²) in [4.78, 5) is 2.16. The molecule has 1 saturated heterocycles. The first-order valence-corrected chi connectivity index (χ1v) is 5.50. The summed E-state index contributed by atoms with van der Waals surface area (Å²) >= 11 is 5.25. The second-order valence-corrected chi connectivity index (χ2v) is 4.28. The molecule has 1 fully saturated rings. The van der Waals surface area contributed by atoms with Crippen LogP contribution in [0.2, 0.25) is 0 Å². The van der Waals surface area contributed by atoms with Gasteiger partial charge >= 0.3 is 0 Å². The van der Waals surface area contributed by atoms with Crippen LogP contribution in [0.25, 0.3) is 0 Å². The normalized spacial score (nSPS) is 20.9. The summed E-state index contributed by atoms with van der Waals surface area (Å²) < 4.78 is 0. The van der Waals surface area contributed by atoms with Crippen LogP contribution in [0.5, 0.6) is 0 Å². The number of rotatable bonds is 2. The van der Waals surface area contributed by atoms with Gasteiger partial charge in [0, 0.05) is 6.04 Å². The maximum absolute atomic E-state index is 5.25. The highest BCUT2D eigenvalue weighted by molar-refractivity contribution is 7.80. The molecule has 2 N–H and O–H groups in total. The highest BCUT2D eigenvalue weighted by Crippen LogP contribution is 2.22. The zero-order chi connectivity index (χ0) is 10.8. The minimum atomic E-state index is 0.138. The van der Waals surface area contributed by atoms with Crippen molar-refractivity contribution in [3.8, 4) is 0 Å². The highest BCUT2D eigenvalue weighted by Gasteiger charge is 2.30. The Morgan fingerprint density at radius 3 is 2.53 bits per heavy atom. The molecule has 1 aliphatic heterocycles. The molecule has 1 unspecified atom stereocenters. The Balaban J connectivity index is 2.26. The van der Waals surface area contributed by atoms with E-state index >= 15 is 0 Å². The van der Waals surface area contributed by atoms with Crippen molar-refractivity contribution in [2.45, 2.75) is 26.1 Å². The quantitative estimate of drug-likeness (QED) is 0.745. The Kier molecular flexibility index (Phi) is 2.88. The molecule has 0 amide bonds. The van der Waals surface area contributed by atoms with Crippen molar-refractivity contribution in [1.82, 2.24) is 15.8 Å². The number of nitrogens with one attached hydrogen (secondary N) is 2. The third kappa shape index (κ3) is 1.96. The molecule has 1 aliphatic rings.